The first-order valence-electron chi connectivity index (χ1n) is 7.81. The average molecular weight is 297 g/mol. The van der Waals surface area contributed by atoms with E-state index in [-0.39, 0.29) is 0 Å². The van der Waals surface area contributed by atoms with Gasteiger partial charge in [-0.1, -0.05) is 19.1 Å². The summed E-state index contributed by atoms with van der Waals surface area (Å²) in [7, 11) is 2.11. The van der Waals surface area contributed by atoms with Gasteiger partial charge in [-0.15, -0.1) is 0 Å². The topological polar surface area (TPSA) is 49.7 Å². The Morgan fingerprint density at radius 1 is 1.23 bits per heavy atom. The van der Waals surface area contributed by atoms with Gasteiger partial charge in [0.05, 0.1) is 23.8 Å². The third-order valence-electron chi connectivity index (χ3n) is 3.94. The molecule has 0 saturated heterocycles. The predicted molar refractivity (Wildman–Crippen MR) is 88.5 cm³/mol. The number of rotatable bonds is 6. The number of aryl methyl sites for hydroxylation is 1. The summed E-state index contributed by atoms with van der Waals surface area (Å²) in [5.41, 5.74) is 4.67. The highest BCUT2D eigenvalue weighted by Crippen LogP contribution is 2.14. The summed E-state index contributed by atoms with van der Waals surface area (Å²) in [5, 5.41) is 4.47. The summed E-state index contributed by atoms with van der Waals surface area (Å²) in [6.07, 6.45) is 3.09. The molecule has 0 aliphatic rings. The fourth-order valence-electron chi connectivity index (χ4n) is 2.76. The van der Waals surface area contributed by atoms with Gasteiger partial charge >= 0.3 is 0 Å². The molecule has 0 radical (unpaired) electrons. The zero-order valence-corrected chi connectivity index (χ0v) is 13.5. The largest absolute Gasteiger partial charge is 0.341 e. The minimum Gasteiger partial charge on any atom is -0.341 e. The van der Waals surface area contributed by atoms with Crippen LogP contribution >= 0.6 is 0 Å². The summed E-state index contributed by atoms with van der Waals surface area (Å²) in [5.74, 6) is 1.00. The SMILES string of the molecule is CCCn1ncc(CN(C)Cc2nc3ccccc3[nH]2)c1C. The Labute approximate surface area is 131 Å². The van der Waals surface area contributed by atoms with Crippen LogP contribution in [0.4, 0.5) is 0 Å². The first-order chi connectivity index (χ1) is 10.7. The number of para-hydroxylation sites is 2. The van der Waals surface area contributed by atoms with Crippen molar-refractivity contribution in [2.75, 3.05) is 7.05 Å². The second kappa shape index (κ2) is 6.32. The predicted octanol–water partition coefficient (Wildman–Crippen LogP) is 3.11. The lowest BCUT2D eigenvalue weighted by atomic mass is 10.2. The van der Waals surface area contributed by atoms with Crippen LogP contribution in [0.2, 0.25) is 0 Å². The number of aromatic amines is 1. The molecule has 0 aliphatic carbocycles. The number of nitrogens with one attached hydrogen (secondary N) is 1. The van der Waals surface area contributed by atoms with Crippen LogP contribution in [-0.4, -0.2) is 31.7 Å². The van der Waals surface area contributed by atoms with Crippen LogP contribution in [0.25, 0.3) is 11.0 Å². The van der Waals surface area contributed by atoms with Crippen LogP contribution in [0.3, 0.4) is 0 Å². The van der Waals surface area contributed by atoms with E-state index in [2.05, 4.69) is 51.6 Å². The molecule has 0 atom stereocenters. The quantitative estimate of drug-likeness (QED) is 0.760. The molecule has 3 aromatic rings. The summed E-state index contributed by atoms with van der Waals surface area (Å²) < 4.78 is 2.09. The Hall–Kier alpha value is -2.14. The van der Waals surface area contributed by atoms with Gasteiger partial charge in [0.25, 0.3) is 0 Å². The fourth-order valence-corrected chi connectivity index (χ4v) is 2.76. The number of aromatic nitrogens is 4. The normalized spacial score (nSPS) is 11.6. The van der Waals surface area contributed by atoms with Crippen molar-refractivity contribution in [2.24, 2.45) is 0 Å². The van der Waals surface area contributed by atoms with Crippen molar-refractivity contribution in [3.8, 4) is 0 Å². The summed E-state index contributed by atoms with van der Waals surface area (Å²) in [4.78, 5) is 10.3. The van der Waals surface area contributed by atoms with E-state index in [0.717, 1.165) is 42.9 Å². The number of imidazole rings is 1. The van der Waals surface area contributed by atoms with E-state index in [1.165, 1.54) is 11.3 Å². The number of hydrogen-bond donors (Lipinski definition) is 1. The summed E-state index contributed by atoms with van der Waals surface area (Å²) in [6, 6.07) is 8.14. The highest BCUT2D eigenvalue weighted by molar-refractivity contribution is 5.74. The number of hydrogen-bond acceptors (Lipinski definition) is 3. The van der Waals surface area contributed by atoms with Crippen LogP contribution in [0, 0.1) is 6.92 Å². The maximum absolute atomic E-state index is 4.63. The average Bonchev–Trinajstić information content (AvgIpc) is 3.05. The van der Waals surface area contributed by atoms with Gasteiger partial charge in [-0.3, -0.25) is 9.58 Å². The van der Waals surface area contributed by atoms with Crippen molar-refractivity contribution in [3.63, 3.8) is 0 Å². The molecule has 1 N–H and O–H groups in total. The van der Waals surface area contributed by atoms with Crippen LogP contribution in [0.1, 0.15) is 30.4 Å². The Kier molecular flexibility index (Phi) is 4.24. The van der Waals surface area contributed by atoms with Gasteiger partial charge in [-0.2, -0.15) is 5.10 Å². The zero-order chi connectivity index (χ0) is 15.5. The Morgan fingerprint density at radius 3 is 2.82 bits per heavy atom. The van der Waals surface area contributed by atoms with Crippen LogP contribution in [0.15, 0.2) is 30.5 Å². The molecule has 116 valence electrons. The molecule has 1 aromatic carbocycles. The minimum atomic E-state index is 0.799. The lowest BCUT2D eigenvalue weighted by Crippen LogP contribution is -2.18. The van der Waals surface area contributed by atoms with Gasteiger partial charge in [0.2, 0.25) is 0 Å². The first kappa shape index (κ1) is 14.8. The fraction of sp³-hybridized carbons (Fsp3) is 0.412. The van der Waals surface area contributed by atoms with Gasteiger partial charge in [0.1, 0.15) is 5.82 Å². The van der Waals surface area contributed by atoms with Crippen LogP contribution in [0.5, 0.6) is 0 Å². The van der Waals surface area contributed by atoms with Crippen molar-refractivity contribution in [3.05, 3.63) is 47.5 Å². The van der Waals surface area contributed by atoms with Gasteiger partial charge < -0.3 is 4.98 Å². The molecule has 0 bridgehead atoms. The molecular weight excluding hydrogens is 274 g/mol. The number of nitrogens with zero attached hydrogens (tertiary/aromatic N) is 4. The number of H-pyrrole nitrogens is 1. The molecule has 2 aromatic heterocycles. The van der Waals surface area contributed by atoms with E-state index in [1.807, 2.05) is 24.4 Å². The molecule has 0 unspecified atom stereocenters. The monoisotopic (exact) mass is 297 g/mol. The molecule has 5 heteroatoms. The van der Waals surface area contributed by atoms with Crippen molar-refractivity contribution in [2.45, 2.75) is 39.9 Å². The Balaban J connectivity index is 1.68. The van der Waals surface area contributed by atoms with E-state index in [4.69, 9.17) is 0 Å². The molecule has 2 heterocycles. The molecular formula is C17H23N5. The highest BCUT2D eigenvalue weighted by atomic mass is 15.3. The smallest absolute Gasteiger partial charge is 0.121 e. The molecule has 0 amide bonds. The zero-order valence-electron chi connectivity index (χ0n) is 13.5. The molecule has 22 heavy (non-hydrogen) atoms. The maximum Gasteiger partial charge on any atom is 0.121 e. The summed E-state index contributed by atoms with van der Waals surface area (Å²) in [6.45, 7) is 6.99. The first-order valence-corrected chi connectivity index (χ1v) is 7.81. The summed E-state index contributed by atoms with van der Waals surface area (Å²) >= 11 is 0. The van der Waals surface area contributed by atoms with Crippen molar-refractivity contribution in [1.29, 1.82) is 0 Å². The second-order valence-corrected chi connectivity index (χ2v) is 5.85. The lowest BCUT2D eigenvalue weighted by molar-refractivity contribution is 0.311. The minimum absolute atomic E-state index is 0.799. The number of fused-ring (bicyclic) bond motifs is 1. The second-order valence-electron chi connectivity index (χ2n) is 5.85. The van der Waals surface area contributed by atoms with Crippen molar-refractivity contribution in [1.82, 2.24) is 24.6 Å². The van der Waals surface area contributed by atoms with Crippen LogP contribution < -0.4 is 0 Å². The van der Waals surface area contributed by atoms with Crippen LogP contribution in [-0.2, 0) is 19.6 Å². The van der Waals surface area contributed by atoms with E-state index >= 15 is 0 Å². The number of benzene rings is 1. The Bertz CT molecular complexity index is 722. The molecule has 5 nitrogen and oxygen atoms in total. The Morgan fingerprint density at radius 2 is 2.05 bits per heavy atom. The van der Waals surface area contributed by atoms with Crippen molar-refractivity contribution < 1.29 is 0 Å². The van der Waals surface area contributed by atoms with E-state index in [1.54, 1.807) is 0 Å². The molecule has 0 fully saturated rings. The lowest BCUT2D eigenvalue weighted by Gasteiger charge is -2.14. The maximum atomic E-state index is 4.63. The third kappa shape index (κ3) is 3.04. The standard InChI is InChI=1S/C17H23N5/c1-4-9-22-13(2)14(10-18-22)11-21(3)12-17-19-15-7-5-6-8-16(15)20-17/h5-8,10H,4,9,11-12H2,1-3H3,(H,19,20). The van der Waals surface area contributed by atoms with Gasteiger partial charge in [0, 0.05) is 24.3 Å². The van der Waals surface area contributed by atoms with Crippen molar-refractivity contribution >= 4 is 11.0 Å². The third-order valence-corrected chi connectivity index (χ3v) is 3.94. The van der Waals surface area contributed by atoms with E-state index < -0.39 is 0 Å². The van der Waals surface area contributed by atoms with E-state index in [9.17, 15) is 0 Å². The van der Waals surface area contributed by atoms with E-state index in [0.29, 0.717) is 0 Å². The molecule has 3 rings (SSSR count). The molecule has 0 aliphatic heterocycles. The molecule has 0 spiro atoms. The highest BCUT2D eigenvalue weighted by Gasteiger charge is 2.10. The van der Waals surface area contributed by atoms with Gasteiger partial charge in [-0.05, 0) is 32.5 Å². The van der Waals surface area contributed by atoms with Gasteiger partial charge in [-0.25, -0.2) is 4.98 Å². The molecule has 0 saturated carbocycles. The van der Waals surface area contributed by atoms with Gasteiger partial charge in [0.15, 0.2) is 0 Å².